The zero-order valence-electron chi connectivity index (χ0n) is 14.6. The predicted octanol–water partition coefficient (Wildman–Crippen LogP) is 3.66. The molecule has 0 spiro atoms. The average molecular weight is 376 g/mol. The molecule has 1 aliphatic heterocycles. The van der Waals surface area contributed by atoms with E-state index in [0.717, 1.165) is 56.3 Å². The van der Waals surface area contributed by atoms with Crippen LogP contribution in [0.15, 0.2) is 42.9 Å². The molecular formula is C19H19F3N4O. The number of alkyl halides is 3. The number of hydrogen-bond acceptors (Lipinski definition) is 4. The van der Waals surface area contributed by atoms with Gasteiger partial charge in [-0.15, -0.1) is 0 Å². The molecule has 4 rings (SSSR count). The molecule has 27 heavy (non-hydrogen) atoms. The fraction of sp³-hybridized carbons (Fsp3) is 0.368. The van der Waals surface area contributed by atoms with Crippen molar-refractivity contribution in [2.75, 3.05) is 26.3 Å². The van der Waals surface area contributed by atoms with Crippen LogP contribution in [0.3, 0.4) is 0 Å². The summed E-state index contributed by atoms with van der Waals surface area (Å²) in [6.45, 7) is 4.25. The Morgan fingerprint density at radius 1 is 1.04 bits per heavy atom. The van der Waals surface area contributed by atoms with Crippen LogP contribution in [-0.4, -0.2) is 45.7 Å². The van der Waals surface area contributed by atoms with Crippen LogP contribution >= 0.6 is 0 Å². The minimum absolute atomic E-state index is 0.544. The molecule has 3 aromatic heterocycles. The molecule has 4 heterocycles. The zero-order chi connectivity index (χ0) is 18.9. The fourth-order valence-corrected chi connectivity index (χ4v) is 3.27. The Bertz CT molecular complexity index is 913. The summed E-state index contributed by atoms with van der Waals surface area (Å²) in [6.07, 6.45) is 1.42. The highest BCUT2D eigenvalue weighted by Crippen LogP contribution is 2.28. The third-order valence-corrected chi connectivity index (χ3v) is 4.62. The largest absolute Gasteiger partial charge is 0.433 e. The number of pyridine rings is 2. The van der Waals surface area contributed by atoms with E-state index in [2.05, 4.69) is 20.9 Å². The van der Waals surface area contributed by atoms with E-state index >= 15 is 0 Å². The summed E-state index contributed by atoms with van der Waals surface area (Å²) in [7, 11) is 0. The van der Waals surface area contributed by atoms with Gasteiger partial charge in [0.05, 0.1) is 18.5 Å². The van der Waals surface area contributed by atoms with E-state index in [-0.39, 0.29) is 0 Å². The molecule has 0 unspecified atom stereocenters. The summed E-state index contributed by atoms with van der Waals surface area (Å²) in [5.74, 6) is 0. The van der Waals surface area contributed by atoms with E-state index in [1.165, 1.54) is 12.3 Å². The first kappa shape index (κ1) is 17.9. The molecule has 0 bridgehead atoms. The minimum atomic E-state index is -4.44. The van der Waals surface area contributed by atoms with Gasteiger partial charge in [-0.1, -0.05) is 0 Å². The van der Waals surface area contributed by atoms with Gasteiger partial charge in [-0.25, -0.2) is 9.97 Å². The van der Waals surface area contributed by atoms with Gasteiger partial charge in [-0.2, -0.15) is 13.2 Å². The molecule has 0 radical (unpaired) electrons. The molecule has 3 aromatic rings. The van der Waals surface area contributed by atoms with Crippen LogP contribution in [0.4, 0.5) is 13.2 Å². The fourth-order valence-electron chi connectivity index (χ4n) is 3.27. The number of ether oxygens (including phenoxy) is 1. The minimum Gasteiger partial charge on any atom is -0.380 e. The lowest BCUT2D eigenvalue weighted by atomic mass is 10.2. The quantitative estimate of drug-likeness (QED) is 0.700. The molecule has 5 nitrogen and oxygen atoms in total. The van der Waals surface area contributed by atoms with Crippen molar-refractivity contribution < 1.29 is 17.9 Å². The Hall–Kier alpha value is -2.45. The second-order valence-corrected chi connectivity index (χ2v) is 6.58. The number of rotatable bonds is 3. The molecule has 8 heteroatoms. The first-order chi connectivity index (χ1) is 13.0. The smallest absolute Gasteiger partial charge is 0.380 e. The highest BCUT2D eigenvalue weighted by Gasteiger charge is 2.32. The second kappa shape index (κ2) is 7.28. The van der Waals surface area contributed by atoms with E-state index in [1.807, 2.05) is 12.3 Å². The Kier molecular flexibility index (Phi) is 4.84. The van der Waals surface area contributed by atoms with Gasteiger partial charge in [-0.3, -0.25) is 9.47 Å². The van der Waals surface area contributed by atoms with Crippen molar-refractivity contribution in [3.8, 4) is 5.69 Å². The molecular weight excluding hydrogens is 357 g/mol. The molecule has 0 N–H and O–H groups in total. The summed E-state index contributed by atoms with van der Waals surface area (Å²) in [6, 6.07) is 6.37. The number of halogens is 3. The molecule has 1 saturated heterocycles. The van der Waals surface area contributed by atoms with Crippen LogP contribution in [0.2, 0.25) is 0 Å². The lowest BCUT2D eigenvalue weighted by Gasteiger charge is -2.18. The molecule has 1 fully saturated rings. The summed E-state index contributed by atoms with van der Waals surface area (Å²) in [5.41, 5.74) is 1.44. The van der Waals surface area contributed by atoms with Crippen LogP contribution in [0.1, 0.15) is 17.7 Å². The normalized spacial score (nSPS) is 16.6. The Labute approximate surface area is 154 Å². The summed E-state index contributed by atoms with van der Waals surface area (Å²) in [5, 5.41) is 0.943. The first-order valence-electron chi connectivity index (χ1n) is 8.80. The first-order valence-corrected chi connectivity index (χ1v) is 8.80. The third-order valence-electron chi connectivity index (χ3n) is 4.62. The van der Waals surface area contributed by atoms with E-state index < -0.39 is 11.9 Å². The van der Waals surface area contributed by atoms with Crippen molar-refractivity contribution in [3.05, 3.63) is 54.1 Å². The Morgan fingerprint density at radius 3 is 2.70 bits per heavy atom. The van der Waals surface area contributed by atoms with E-state index in [0.29, 0.717) is 11.3 Å². The van der Waals surface area contributed by atoms with E-state index in [9.17, 15) is 13.2 Å². The monoisotopic (exact) mass is 376 g/mol. The SMILES string of the molecule is FC(F)(F)c1ccc(-n2ccc3cc(CN4CCCOCC4)cnc32)cn1. The topological polar surface area (TPSA) is 43.2 Å². The molecule has 0 aromatic carbocycles. The van der Waals surface area contributed by atoms with Gasteiger partial charge >= 0.3 is 6.18 Å². The maximum atomic E-state index is 12.7. The van der Waals surface area contributed by atoms with Gasteiger partial charge < -0.3 is 4.74 Å². The number of nitrogens with zero attached hydrogens (tertiary/aromatic N) is 4. The molecule has 0 saturated carbocycles. The highest BCUT2D eigenvalue weighted by molar-refractivity contribution is 5.78. The van der Waals surface area contributed by atoms with E-state index in [4.69, 9.17) is 4.74 Å². The summed E-state index contributed by atoms with van der Waals surface area (Å²) in [4.78, 5) is 10.4. The Morgan fingerprint density at radius 2 is 1.93 bits per heavy atom. The van der Waals surface area contributed by atoms with Gasteiger partial charge in [0.25, 0.3) is 0 Å². The van der Waals surface area contributed by atoms with Crippen LogP contribution in [0.25, 0.3) is 16.7 Å². The van der Waals surface area contributed by atoms with Crippen LogP contribution in [0.5, 0.6) is 0 Å². The van der Waals surface area contributed by atoms with Gasteiger partial charge in [0.2, 0.25) is 0 Å². The van der Waals surface area contributed by atoms with Gasteiger partial charge in [-0.05, 0) is 36.2 Å². The number of aromatic nitrogens is 3. The van der Waals surface area contributed by atoms with Crippen molar-refractivity contribution >= 4 is 11.0 Å². The summed E-state index contributed by atoms with van der Waals surface area (Å²) >= 11 is 0. The summed E-state index contributed by atoms with van der Waals surface area (Å²) < 4.78 is 45.3. The zero-order valence-corrected chi connectivity index (χ0v) is 14.6. The Balaban J connectivity index is 1.57. The molecule has 0 atom stereocenters. The van der Waals surface area contributed by atoms with Crippen LogP contribution in [-0.2, 0) is 17.5 Å². The lowest BCUT2D eigenvalue weighted by Crippen LogP contribution is -2.25. The van der Waals surface area contributed by atoms with Crippen molar-refractivity contribution in [2.45, 2.75) is 19.1 Å². The molecule has 0 aliphatic carbocycles. The van der Waals surface area contributed by atoms with Crippen molar-refractivity contribution in [1.82, 2.24) is 19.4 Å². The maximum Gasteiger partial charge on any atom is 0.433 e. The van der Waals surface area contributed by atoms with Crippen molar-refractivity contribution in [3.63, 3.8) is 0 Å². The van der Waals surface area contributed by atoms with Crippen LogP contribution in [0, 0.1) is 0 Å². The predicted molar refractivity (Wildman–Crippen MR) is 94.6 cm³/mol. The van der Waals surface area contributed by atoms with Crippen LogP contribution < -0.4 is 0 Å². The molecule has 142 valence electrons. The second-order valence-electron chi connectivity index (χ2n) is 6.58. The van der Waals surface area contributed by atoms with Gasteiger partial charge in [0.15, 0.2) is 0 Å². The highest BCUT2D eigenvalue weighted by atomic mass is 19.4. The average Bonchev–Trinajstić information content (AvgIpc) is 2.89. The van der Waals surface area contributed by atoms with Crippen molar-refractivity contribution in [1.29, 1.82) is 0 Å². The third kappa shape index (κ3) is 3.96. The van der Waals surface area contributed by atoms with Gasteiger partial charge in [0.1, 0.15) is 11.3 Å². The van der Waals surface area contributed by atoms with E-state index in [1.54, 1.807) is 10.8 Å². The maximum absolute atomic E-state index is 12.7. The standard InChI is InChI=1S/C19H19F3N4O/c20-19(21,22)17-3-2-16(12-23-17)26-6-4-15-10-14(11-24-18(15)26)13-25-5-1-8-27-9-7-25/h2-4,6,10-12H,1,5,7-9,13H2. The molecule has 0 amide bonds. The van der Waals surface area contributed by atoms with Gasteiger partial charge in [0, 0.05) is 44.0 Å². The lowest BCUT2D eigenvalue weighted by molar-refractivity contribution is -0.141. The number of fused-ring (bicyclic) bond motifs is 1. The molecule has 1 aliphatic rings. The van der Waals surface area contributed by atoms with Crippen molar-refractivity contribution in [2.24, 2.45) is 0 Å². The number of hydrogen-bond donors (Lipinski definition) is 0.